The lowest BCUT2D eigenvalue weighted by molar-refractivity contribution is 0.382. The van der Waals surface area contributed by atoms with Crippen molar-refractivity contribution in [2.75, 3.05) is 0 Å². The smallest absolute Gasteiger partial charge is 0.0712 e. The van der Waals surface area contributed by atoms with Gasteiger partial charge in [0.05, 0.1) is 17.4 Å². The molecule has 2 aromatic rings. The normalized spacial score (nSPS) is 19.3. The standard InChI is InChI=1S/C16H23N5/c1-3-12-10-14(21(2)20-12)16(19-17)13-8-4-6-11-7-5-9-18-15(11)13/h5,7,9-10,13,16,19H,3-4,6,8,17H2,1-2H3. The maximum atomic E-state index is 5.89. The molecule has 0 amide bonds. The first kappa shape index (κ1) is 14.2. The van der Waals surface area contributed by atoms with Crippen LogP contribution in [-0.4, -0.2) is 14.8 Å². The van der Waals surface area contributed by atoms with Crippen LogP contribution in [-0.2, 0) is 19.9 Å². The third-order valence-corrected chi connectivity index (χ3v) is 4.47. The highest BCUT2D eigenvalue weighted by Crippen LogP contribution is 2.38. The zero-order valence-corrected chi connectivity index (χ0v) is 12.7. The number of fused-ring (bicyclic) bond motifs is 1. The quantitative estimate of drug-likeness (QED) is 0.666. The summed E-state index contributed by atoms with van der Waals surface area (Å²) < 4.78 is 1.95. The van der Waals surface area contributed by atoms with E-state index in [1.165, 1.54) is 17.7 Å². The fraction of sp³-hybridized carbons (Fsp3) is 0.500. The highest BCUT2D eigenvalue weighted by Gasteiger charge is 2.31. The lowest BCUT2D eigenvalue weighted by Crippen LogP contribution is -2.35. The number of hydrazine groups is 1. The lowest BCUT2D eigenvalue weighted by Gasteiger charge is -2.31. The van der Waals surface area contributed by atoms with E-state index in [0.717, 1.165) is 30.7 Å². The summed E-state index contributed by atoms with van der Waals surface area (Å²) in [5.74, 6) is 6.20. The third-order valence-electron chi connectivity index (χ3n) is 4.47. The van der Waals surface area contributed by atoms with Gasteiger partial charge in [-0.25, -0.2) is 0 Å². The van der Waals surface area contributed by atoms with Crippen LogP contribution in [0, 0.1) is 0 Å². The first-order valence-corrected chi connectivity index (χ1v) is 7.67. The molecule has 0 radical (unpaired) electrons. The number of pyridine rings is 1. The minimum atomic E-state index is 0.0525. The van der Waals surface area contributed by atoms with Crippen molar-refractivity contribution in [2.24, 2.45) is 12.9 Å². The van der Waals surface area contributed by atoms with Crippen molar-refractivity contribution in [1.82, 2.24) is 20.2 Å². The monoisotopic (exact) mass is 285 g/mol. The number of nitrogens with zero attached hydrogens (tertiary/aromatic N) is 3. The van der Waals surface area contributed by atoms with Gasteiger partial charge < -0.3 is 0 Å². The van der Waals surface area contributed by atoms with Gasteiger partial charge >= 0.3 is 0 Å². The van der Waals surface area contributed by atoms with Crippen molar-refractivity contribution >= 4 is 0 Å². The van der Waals surface area contributed by atoms with Crippen molar-refractivity contribution in [2.45, 2.75) is 44.6 Å². The highest BCUT2D eigenvalue weighted by atomic mass is 15.3. The van der Waals surface area contributed by atoms with E-state index in [1.54, 1.807) is 0 Å². The second kappa shape index (κ2) is 5.95. The highest BCUT2D eigenvalue weighted by molar-refractivity contribution is 5.30. The second-order valence-electron chi connectivity index (χ2n) is 5.73. The van der Waals surface area contributed by atoms with Gasteiger partial charge in [0.15, 0.2) is 0 Å². The summed E-state index contributed by atoms with van der Waals surface area (Å²) in [6.07, 6.45) is 6.21. The molecule has 2 unspecified atom stereocenters. The molecule has 2 heterocycles. The lowest BCUT2D eigenvalue weighted by atomic mass is 9.81. The molecule has 0 aromatic carbocycles. The average Bonchev–Trinajstić information content (AvgIpc) is 2.89. The van der Waals surface area contributed by atoms with Gasteiger partial charge in [0.25, 0.3) is 0 Å². The predicted molar refractivity (Wildman–Crippen MR) is 82.6 cm³/mol. The van der Waals surface area contributed by atoms with Gasteiger partial charge in [-0.1, -0.05) is 13.0 Å². The number of hydrogen-bond acceptors (Lipinski definition) is 4. The van der Waals surface area contributed by atoms with Crippen LogP contribution in [0.5, 0.6) is 0 Å². The topological polar surface area (TPSA) is 68.8 Å². The van der Waals surface area contributed by atoms with Crippen LogP contribution in [0.2, 0.25) is 0 Å². The maximum absolute atomic E-state index is 5.89. The van der Waals surface area contributed by atoms with Crippen LogP contribution < -0.4 is 11.3 Å². The first-order valence-electron chi connectivity index (χ1n) is 7.67. The third kappa shape index (κ3) is 2.59. The number of aromatic nitrogens is 3. The van der Waals surface area contributed by atoms with E-state index < -0.39 is 0 Å². The molecule has 0 fully saturated rings. The Hall–Kier alpha value is -1.72. The van der Waals surface area contributed by atoms with Crippen LogP contribution in [0.15, 0.2) is 24.4 Å². The van der Waals surface area contributed by atoms with Gasteiger partial charge in [-0.05, 0) is 43.4 Å². The van der Waals surface area contributed by atoms with Crippen LogP contribution in [0.25, 0.3) is 0 Å². The van der Waals surface area contributed by atoms with Crippen LogP contribution >= 0.6 is 0 Å². The molecule has 0 bridgehead atoms. The Morgan fingerprint density at radius 2 is 2.38 bits per heavy atom. The maximum Gasteiger partial charge on any atom is 0.0712 e. The Labute approximate surface area is 125 Å². The van der Waals surface area contributed by atoms with E-state index in [-0.39, 0.29) is 6.04 Å². The molecule has 2 atom stereocenters. The molecule has 1 aliphatic rings. The zero-order chi connectivity index (χ0) is 14.8. The predicted octanol–water partition coefficient (Wildman–Crippen LogP) is 2.00. The fourth-order valence-electron chi connectivity index (χ4n) is 3.38. The van der Waals surface area contributed by atoms with Gasteiger partial charge in [0.2, 0.25) is 0 Å². The fourth-order valence-corrected chi connectivity index (χ4v) is 3.38. The van der Waals surface area contributed by atoms with Crippen molar-refractivity contribution in [3.8, 4) is 0 Å². The van der Waals surface area contributed by atoms with Gasteiger partial charge in [0, 0.05) is 24.9 Å². The molecule has 0 aliphatic heterocycles. The molecule has 3 N–H and O–H groups in total. The van der Waals surface area contributed by atoms with Crippen molar-refractivity contribution < 1.29 is 0 Å². The number of nitrogens with one attached hydrogen (secondary N) is 1. The number of hydrogen-bond donors (Lipinski definition) is 2. The molecule has 5 heteroatoms. The molecule has 5 nitrogen and oxygen atoms in total. The minimum absolute atomic E-state index is 0.0525. The van der Waals surface area contributed by atoms with Crippen molar-refractivity contribution in [1.29, 1.82) is 0 Å². The molecular formula is C16H23N5. The Balaban J connectivity index is 1.99. The summed E-state index contributed by atoms with van der Waals surface area (Å²) in [4.78, 5) is 4.63. The summed E-state index contributed by atoms with van der Waals surface area (Å²) in [5.41, 5.74) is 7.78. The largest absolute Gasteiger partial charge is 0.271 e. The van der Waals surface area contributed by atoms with Crippen molar-refractivity contribution in [3.63, 3.8) is 0 Å². The second-order valence-corrected chi connectivity index (χ2v) is 5.73. The van der Waals surface area contributed by atoms with E-state index in [0.29, 0.717) is 5.92 Å². The van der Waals surface area contributed by atoms with Crippen LogP contribution in [0.1, 0.15) is 54.4 Å². The minimum Gasteiger partial charge on any atom is -0.271 e. The van der Waals surface area contributed by atoms with E-state index in [9.17, 15) is 0 Å². The van der Waals surface area contributed by atoms with Gasteiger partial charge in [0.1, 0.15) is 0 Å². The summed E-state index contributed by atoms with van der Waals surface area (Å²) >= 11 is 0. The van der Waals surface area contributed by atoms with E-state index in [2.05, 4.69) is 34.6 Å². The Morgan fingerprint density at radius 1 is 1.52 bits per heavy atom. The number of rotatable bonds is 4. The van der Waals surface area contributed by atoms with Crippen LogP contribution in [0.3, 0.4) is 0 Å². The summed E-state index contributed by atoms with van der Waals surface area (Å²) in [6, 6.07) is 6.41. The molecule has 0 saturated heterocycles. The van der Waals surface area contributed by atoms with E-state index in [4.69, 9.17) is 5.84 Å². The molecule has 0 saturated carbocycles. The van der Waals surface area contributed by atoms with E-state index >= 15 is 0 Å². The average molecular weight is 285 g/mol. The number of nitrogens with two attached hydrogens (primary N) is 1. The Morgan fingerprint density at radius 3 is 3.10 bits per heavy atom. The molecule has 112 valence electrons. The molecule has 21 heavy (non-hydrogen) atoms. The van der Waals surface area contributed by atoms with E-state index in [1.807, 2.05) is 24.0 Å². The zero-order valence-electron chi connectivity index (χ0n) is 12.7. The number of aryl methyl sites for hydroxylation is 3. The molecule has 2 aromatic heterocycles. The van der Waals surface area contributed by atoms with Gasteiger partial charge in [-0.3, -0.25) is 20.9 Å². The molecule has 3 rings (SSSR count). The van der Waals surface area contributed by atoms with Gasteiger partial charge in [-0.2, -0.15) is 5.10 Å². The summed E-state index contributed by atoms with van der Waals surface area (Å²) in [6.45, 7) is 2.12. The van der Waals surface area contributed by atoms with Crippen LogP contribution in [0.4, 0.5) is 0 Å². The summed E-state index contributed by atoms with van der Waals surface area (Å²) in [5, 5.41) is 4.55. The SMILES string of the molecule is CCc1cc(C(NN)C2CCCc3cccnc32)n(C)n1. The Bertz CT molecular complexity index is 619. The molecule has 1 aliphatic carbocycles. The van der Waals surface area contributed by atoms with Crippen molar-refractivity contribution in [3.05, 3.63) is 47.0 Å². The Kier molecular flexibility index (Phi) is 4.03. The molecule has 0 spiro atoms. The molecular weight excluding hydrogens is 262 g/mol. The first-order chi connectivity index (χ1) is 10.2. The van der Waals surface area contributed by atoms with Gasteiger partial charge in [-0.15, -0.1) is 0 Å². The summed E-state index contributed by atoms with van der Waals surface area (Å²) in [7, 11) is 1.99.